The highest BCUT2D eigenvalue weighted by Crippen LogP contribution is 2.38. The highest BCUT2D eigenvalue weighted by atomic mass is 16.5. The van der Waals surface area contributed by atoms with E-state index in [4.69, 9.17) is 4.74 Å². The Morgan fingerprint density at radius 1 is 1.30 bits per heavy atom. The summed E-state index contributed by atoms with van der Waals surface area (Å²) in [5, 5.41) is 13.0. The number of nitrogens with one attached hydrogen (secondary N) is 1. The van der Waals surface area contributed by atoms with E-state index in [1.54, 1.807) is 21.0 Å². The van der Waals surface area contributed by atoms with Crippen LogP contribution in [-0.2, 0) is 4.79 Å². The van der Waals surface area contributed by atoms with Crippen molar-refractivity contribution in [1.82, 2.24) is 9.88 Å². The lowest BCUT2D eigenvalue weighted by atomic mass is 9.94. The molecule has 1 aromatic heterocycles. The number of aromatic nitrogens is 1. The van der Waals surface area contributed by atoms with E-state index in [2.05, 4.69) is 9.88 Å². The van der Waals surface area contributed by atoms with Gasteiger partial charge in [-0.3, -0.25) is 9.59 Å². The maximum absolute atomic E-state index is 13.0. The van der Waals surface area contributed by atoms with Crippen LogP contribution in [0.25, 0.3) is 10.9 Å². The molecule has 1 aliphatic rings. The second-order valence-electron chi connectivity index (χ2n) is 8.02. The number of fused-ring (bicyclic) bond motifs is 1. The summed E-state index contributed by atoms with van der Waals surface area (Å²) in [5.41, 5.74) is 1.54. The Morgan fingerprint density at radius 3 is 2.56 bits per heavy atom. The van der Waals surface area contributed by atoms with Gasteiger partial charge >= 0.3 is 5.97 Å². The lowest BCUT2D eigenvalue weighted by Gasteiger charge is -2.20. The Labute approximate surface area is 159 Å². The maximum Gasteiger partial charge on any atom is 0.310 e. The first-order chi connectivity index (χ1) is 12.8. The van der Waals surface area contributed by atoms with E-state index in [1.165, 1.54) is 12.8 Å². The fourth-order valence-electron chi connectivity index (χ4n) is 3.93. The van der Waals surface area contributed by atoms with Gasteiger partial charge in [-0.15, -0.1) is 0 Å². The van der Waals surface area contributed by atoms with Gasteiger partial charge in [-0.2, -0.15) is 0 Å². The summed E-state index contributed by atoms with van der Waals surface area (Å²) in [7, 11) is 1.61. The summed E-state index contributed by atoms with van der Waals surface area (Å²) in [6, 6.07) is 6.23. The maximum atomic E-state index is 13.0. The molecule has 2 N–H and O–H groups in total. The summed E-state index contributed by atoms with van der Waals surface area (Å²) < 4.78 is 7.64. The minimum atomic E-state index is -1.02. The first-order valence-electron chi connectivity index (χ1n) is 9.46. The summed E-state index contributed by atoms with van der Waals surface area (Å²) in [6.45, 7) is 5.25. The van der Waals surface area contributed by atoms with Gasteiger partial charge in [0.15, 0.2) is 0 Å². The van der Waals surface area contributed by atoms with Crippen molar-refractivity contribution in [2.24, 2.45) is 5.41 Å². The molecule has 0 unspecified atom stereocenters. The molecule has 3 rings (SSSR count). The minimum Gasteiger partial charge on any atom is -0.497 e. The van der Waals surface area contributed by atoms with Gasteiger partial charge in [0.1, 0.15) is 5.75 Å². The molecule has 0 spiro atoms. The van der Waals surface area contributed by atoms with Crippen molar-refractivity contribution in [2.45, 2.75) is 52.5 Å². The number of carboxylic acid groups (broad SMARTS) is 1. The molecule has 1 heterocycles. The molecule has 6 nitrogen and oxygen atoms in total. The number of carbonyl (C=O) groups excluding carboxylic acids is 1. The molecule has 0 saturated heterocycles. The highest BCUT2D eigenvalue weighted by molar-refractivity contribution is 6.09. The number of aliphatic carboxylic acids is 1. The topological polar surface area (TPSA) is 80.6 Å². The first kappa shape index (κ1) is 19.3. The van der Waals surface area contributed by atoms with Crippen molar-refractivity contribution in [3.63, 3.8) is 0 Å². The van der Waals surface area contributed by atoms with E-state index < -0.39 is 11.4 Å². The Balaban J connectivity index is 2.04. The standard InChI is InChI=1S/C21H28N2O4/c1-13-18(19(24)22-12-21(2,3)20(25)26)16-11-15(27-4)9-10-17(16)23(13)14-7-5-6-8-14/h9-11,14H,5-8,12H2,1-4H3,(H,22,24)(H,25,26). The molecule has 1 aliphatic carbocycles. The summed E-state index contributed by atoms with van der Waals surface area (Å²) in [4.78, 5) is 24.4. The number of nitrogens with zero attached hydrogens (tertiary/aromatic N) is 1. The van der Waals surface area contributed by atoms with Crippen LogP contribution in [0.3, 0.4) is 0 Å². The van der Waals surface area contributed by atoms with E-state index in [0.29, 0.717) is 17.4 Å². The molecule has 6 heteroatoms. The number of hydrogen-bond acceptors (Lipinski definition) is 3. The molecule has 0 atom stereocenters. The second-order valence-corrected chi connectivity index (χ2v) is 8.02. The Bertz CT molecular complexity index is 876. The van der Waals surface area contributed by atoms with Gasteiger partial charge in [0.25, 0.3) is 5.91 Å². The summed E-state index contributed by atoms with van der Waals surface area (Å²) in [6.07, 6.45) is 4.63. The molecule has 1 amide bonds. The number of rotatable bonds is 6. The highest BCUT2D eigenvalue weighted by Gasteiger charge is 2.30. The average Bonchev–Trinajstić information content (AvgIpc) is 3.24. The predicted molar refractivity (Wildman–Crippen MR) is 104 cm³/mol. The average molecular weight is 372 g/mol. The van der Waals surface area contributed by atoms with Crippen LogP contribution in [0.2, 0.25) is 0 Å². The van der Waals surface area contributed by atoms with E-state index in [-0.39, 0.29) is 12.5 Å². The molecule has 146 valence electrons. The van der Waals surface area contributed by atoms with E-state index in [9.17, 15) is 14.7 Å². The van der Waals surface area contributed by atoms with E-state index in [0.717, 1.165) is 29.4 Å². The molecular weight excluding hydrogens is 344 g/mol. The van der Waals surface area contributed by atoms with Crippen molar-refractivity contribution in [1.29, 1.82) is 0 Å². The Morgan fingerprint density at radius 2 is 1.96 bits per heavy atom. The number of hydrogen-bond donors (Lipinski definition) is 2. The van der Waals surface area contributed by atoms with Crippen molar-refractivity contribution in [2.75, 3.05) is 13.7 Å². The van der Waals surface area contributed by atoms with Crippen molar-refractivity contribution in [3.8, 4) is 5.75 Å². The molecule has 1 saturated carbocycles. The molecule has 1 fully saturated rings. The van der Waals surface area contributed by atoms with Crippen LogP contribution in [0.15, 0.2) is 18.2 Å². The molecule has 1 aromatic carbocycles. The van der Waals surface area contributed by atoms with Crippen molar-refractivity contribution >= 4 is 22.8 Å². The number of carboxylic acids is 1. The van der Waals surface area contributed by atoms with Gasteiger partial charge in [0.2, 0.25) is 0 Å². The van der Waals surface area contributed by atoms with Gasteiger partial charge in [-0.05, 0) is 51.8 Å². The first-order valence-corrected chi connectivity index (χ1v) is 9.46. The van der Waals surface area contributed by atoms with Gasteiger partial charge in [-0.1, -0.05) is 12.8 Å². The zero-order valence-corrected chi connectivity index (χ0v) is 16.5. The lowest BCUT2D eigenvalue weighted by Crippen LogP contribution is -2.39. The number of methoxy groups -OCH3 is 1. The Hall–Kier alpha value is -2.50. The van der Waals surface area contributed by atoms with E-state index >= 15 is 0 Å². The number of amides is 1. The normalized spacial score (nSPS) is 15.3. The second kappa shape index (κ2) is 7.25. The molecule has 0 bridgehead atoms. The van der Waals surface area contributed by atoms with Crippen LogP contribution in [0, 0.1) is 12.3 Å². The predicted octanol–water partition coefficient (Wildman–Crippen LogP) is 3.91. The smallest absolute Gasteiger partial charge is 0.310 e. The van der Waals surface area contributed by atoms with Crippen LogP contribution in [0.1, 0.15) is 61.6 Å². The fraction of sp³-hybridized carbons (Fsp3) is 0.524. The lowest BCUT2D eigenvalue weighted by molar-refractivity contribution is -0.146. The molecule has 27 heavy (non-hydrogen) atoms. The molecule has 0 radical (unpaired) electrons. The Kier molecular flexibility index (Phi) is 5.18. The van der Waals surface area contributed by atoms with Gasteiger partial charge in [-0.25, -0.2) is 0 Å². The third-order valence-corrected chi connectivity index (χ3v) is 5.64. The SMILES string of the molecule is COc1ccc2c(c1)c(C(=O)NCC(C)(C)C(=O)O)c(C)n2C1CCCC1. The van der Waals surface area contributed by atoms with Crippen LogP contribution >= 0.6 is 0 Å². The quantitative estimate of drug-likeness (QED) is 0.805. The molecular formula is C21H28N2O4. The number of benzene rings is 1. The van der Waals surface area contributed by atoms with Gasteiger partial charge in [0, 0.05) is 29.2 Å². The van der Waals surface area contributed by atoms with Crippen LogP contribution in [0.5, 0.6) is 5.75 Å². The zero-order chi connectivity index (χ0) is 19.8. The molecule has 2 aromatic rings. The monoisotopic (exact) mass is 372 g/mol. The van der Waals surface area contributed by atoms with Crippen LogP contribution in [-0.4, -0.2) is 35.2 Å². The van der Waals surface area contributed by atoms with Gasteiger partial charge < -0.3 is 19.7 Å². The number of ether oxygens (including phenoxy) is 1. The van der Waals surface area contributed by atoms with Crippen LogP contribution in [0.4, 0.5) is 0 Å². The fourth-order valence-corrected chi connectivity index (χ4v) is 3.93. The minimum absolute atomic E-state index is 0.0701. The van der Waals surface area contributed by atoms with E-state index in [1.807, 2.05) is 25.1 Å². The van der Waals surface area contributed by atoms with Crippen molar-refractivity contribution < 1.29 is 19.4 Å². The van der Waals surface area contributed by atoms with Crippen LogP contribution < -0.4 is 10.1 Å². The third-order valence-electron chi connectivity index (χ3n) is 5.64. The zero-order valence-electron chi connectivity index (χ0n) is 16.5. The van der Waals surface area contributed by atoms with Gasteiger partial charge in [0.05, 0.1) is 18.1 Å². The third kappa shape index (κ3) is 3.53. The molecule has 0 aliphatic heterocycles. The largest absolute Gasteiger partial charge is 0.497 e. The van der Waals surface area contributed by atoms with Crippen molar-refractivity contribution in [3.05, 3.63) is 29.5 Å². The summed E-state index contributed by atoms with van der Waals surface area (Å²) in [5.74, 6) is -0.475. The summed E-state index contributed by atoms with van der Waals surface area (Å²) >= 11 is 0. The number of carbonyl (C=O) groups is 2.